The van der Waals surface area contributed by atoms with Gasteiger partial charge in [0, 0.05) is 17.6 Å². The van der Waals surface area contributed by atoms with Gasteiger partial charge in [0.2, 0.25) is 6.79 Å². The Bertz CT molecular complexity index is 702. The van der Waals surface area contributed by atoms with Gasteiger partial charge in [0.15, 0.2) is 11.5 Å². The van der Waals surface area contributed by atoms with Gasteiger partial charge in [-0.15, -0.1) is 0 Å². The molecule has 0 aromatic heterocycles. The predicted molar refractivity (Wildman–Crippen MR) is 85.0 cm³/mol. The van der Waals surface area contributed by atoms with Gasteiger partial charge in [0.05, 0.1) is 6.10 Å². The lowest BCUT2D eigenvalue weighted by molar-refractivity contribution is 0.156. The van der Waals surface area contributed by atoms with Crippen molar-refractivity contribution in [2.45, 2.75) is 25.5 Å². The van der Waals surface area contributed by atoms with Crippen molar-refractivity contribution in [1.29, 1.82) is 0 Å². The topological polar surface area (TPSA) is 50.7 Å². The molecule has 0 aliphatic carbocycles. The van der Waals surface area contributed by atoms with Gasteiger partial charge < -0.3 is 19.9 Å². The quantitative estimate of drug-likeness (QED) is 0.890. The van der Waals surface area contributed by atoms with Gasteiger partial charge in [0.25, 0.3) is 0 Å². The molecule has 23 heavy (non-hydrogen) atoms. The second-order valence-corrected chi connectivity index (χ2v) is 6.11. The predicted octanol–water partition coefficient (Wildman–Crippen LogP) is 3.11. The maximum atomic E-state index is 13.7. The van der Waals surface area contributed by atoms with E-state index in [9.17, 15) is 9.50 Å². The van der Waals surface area contributed by atoms with Crippen LogP contribution in [0.25, 0.3) is 0 Å². The molecule has 0 spiro atoms. The summed E-state index contributed by atoms with van der Waals surface area (Å²) in [5.74, 6) is 1.05. The SMILES string of the molecule is CC(C)(NCC(O)c1ccccc1F)c1ccc2c(c1)OCO2. The Morgan fingerprint density at radius 2 is 1.91 bits per heavy atom. The van der Waals surface area contributed by atoms with E-state index in [4.69, 9.17) is 9.47 Å². The number of benzene rings is 2. The summed E-state index contributed by atoms with van der Waals surface area (Å²) in [5, 5.41) is 13.5. The molecule has 3 rings (SSSR count). The highest BCUT2D eigenvalue weighted by Gasteiger charge is 2.25. The Balaban J connectivity index is 1.70. The second kappa shape index (κ2) is 6.18. The average Bonchev–Trinajstić information content (AvgIpc) is 3.00. The summed E-state index contributed by atoms with van der Waals surface area (Å²) in [6.45, 7) is 4.47. The number of halogens is 1. The molecule has 1 aliphatic rings. The fraction of sp³-hybridized carbons (Fsp3) is 0.333. The van der Waals surface area contributed by atoms with Crippen LogP contribution in [0.4, 0.5) is 4.39 Å². The number of aliphatic hydroxyl groups is 1. The molecule has 0 fully saturated rings. The zero-order chi connectivity index (χ0) is 16.4. The number of ether oxygens (including phenoxy) is 2. The molecule has 0 saturated heterocycles. The highest BCUT2D eigenvalue weighted by molar-refractivity contribution is 5.46. The van der Waals surface area contributed by atoms with Crippen LogP contribution in [-0.2, 0) is 5.54 Å². The van der Waals surface area contributed by atoms with Crippen LogP contribution >= 0.6 is 0 Å². The van der Waals surface area contributed by atoms with Crippen molar-refractivity contribution in [2.75, 3.05) is 13.3 Å². The number of rotatable bonds is 5. The summed E-state index contributed by atoms with van der Waals surface area (Å²) < 4.78 is 24.4. The lowest BCUT2D eigenvalue weighted by Gasteiger charge is -2.28. The number of fused-ring (bicyclic) bond motifs is 1. The molecule has 1 heterocycles. The van der Waals surface area contributed by atoms with E-state index in [1.807, 2.05) is 32.0 Å². The molecule has 0 bridgehead atoms. The number of hydrogen-bond donors (Lipinski definition) is 2. The first kappa shape index (κ1) is 15.8. The number of aliphatic hydroxyl groups excluding tert-OH is 1. The van der Waals surface area contributed by atoms with Crippen LogP contribution in [0.2, 0.25) is 0 Å². The van der Waals surface area contributed by atoms with Gasteiger partial charge >= 0.3 is 0 Å². The Morgan fingerprint density at radius 1 is 1.17 bits per heavy atom. The molecule has 2 aromatic rings. The van der Waals surface area contributed by atoms with Crippen LogP contribution in [-0.4, -0.2) is 18.4 Å². The fourth-order valence-corrected chi connectivity index (χ4v) is 2.59. The minimum atomic E-state index is -0.913. The third kappa shape index (κ3) is 3.30. The van der Waals surface area contributed by atoms with Crippen molar-refractivity contribution < 1.29 is 19.0 Å². The summed E-state index contributed by atoms with van der Waals surface area (Å²) in [5.41, 5.74) is 0.886. The second-order valence-electron chi connectivity index (χ2n) is 6.11. The van der Waals surface area contributed by atoms with E-state index in [-0.39, 0.29) is 13.3 Å². The summed E-state index contributed by atoms with van der Waals surface area (Å²) in [6, 6.07) is 12.0. The lowest BCUT2D eigenvalue weighted by Crippen LogP contribution is -2.39. The fourth-order valence-electron chi connectivity index (χ4n) is 2.59. The van der Waals surface area contributed by atoms with Crippen molar-refractivity contribution in [2.24, 2.45) is 0 Å². The van der Waals surface area contributed by atoms with E-state index in [1.165, 1.54) is 6.07 Å². The molecule has 0 saturated carbocycles. The maximum absolute atomic E-state index is 13.7. The van der Waals surface area contributed by atoms with Gasteiger partial charge in [-0.05, 0) is 37.6 Å². The van der Waals surface area contributed by atoms with Crippen molar-refractivity contribution >= 4 is 0 Å². The normalized spacial score (nSPS) is 14.8. The smallest absolute Gasteiger partial charge is 0.231 e. The largest absolute Gasteiger partial charge is 0.454 e. The molecule has 122 valence electrons. The van der Waals surface area contributed by atoms with E-state index in [2.05, 4.69) is 5.32 Å². The molecule has 1 aliphatic heterocycles. The monoisotopic (exact) mass is 317 g/mol. The Kier molecular flexibility index (Phi) is 4.24. The van der Waals surface area contributed by atoms with E-state index >= 15 is 0 Å². The Labute approximate surface area is 134 Å². The first-order valence-corrected chi connectivity index (χ1v) is 7.55. The average molecular weight is 317 g/mol. The van der Waals surface area contributed by atoms with Crippen LogP contribution in [0.5, 0.6) is 11.5 Å². The van der Waals surface area contributed by atoms with Crippen molar-refractivity contribution in [3.8, 4) is 11.5 Å². The highest BCUT2D eigenvalue weighted by atomic mass is 19.1. The summed E-state index contributed by atoms with van der Waals surface area (Å²) in [7, 11) is 0. The first-order chi connectivity index (χ1) is 11.0. The lowest BCUT2D eigenvalue weighted by atomic mass is 9.93. The minimum absolute atomic E-state index is 0.235. The van der Waals surface area contributed by atoms with Gasteiger partial charge in [-0.3, -0.25) is 0 Å². The zero-order valence-corrected chi connectivity index (χ0v) is 13.2. The molecular weight excluding hydrogens is 297 g/mol. The molecule has 5 heteroatoms. The highest BCUT2D eigenvalue weighted by Crippen LogP contribution is 2.35. The summed E-state index contributed by atoms with van der Waals surface area (Å²) in [4.78, 5) is 0. The minimum Gasteiger partial charge on any atom is -0.454 e. The molecule has 2 aromatic carbocycles. The first-order valence-electron chi connectivity index (χ1n) is 7.55. The van der Waals surface area contributed by atoms with E-state index < -0.39 is 17.5 Å². The van der Waals surface area contributed by atoms with Crippen molar-refractivity contribution in [3.05, 3.63) is 59.4 Å². The van der Waals surface area contributed by atoms with Crippen molar-refractivity contribution in [3.63, 3.8) is 0 Å². The Morgan fingerprint density at radius 3 is 2.70 bits per heavy atom. The number of nitrogens with one attached hydrogen (secondary N) is 1. The maximum Gasteiger partial charge on any atom is 0.231 e. The number of hydrogen-bond acceptors (Lipinski definition) is 4. The van der Waals surface area contributed by atoms with Crippen LogP contribution < -0.4 is 14.8 Å². The summed E-state index contributed by atoms with van der Waals surface area (Å²) >= 11 is 0. The van der Waals surface area contributed by atoms with Gasteiger partial charge in [0.1, 0.15) is 5.82 Å². The molecule has 2 N–H and O–H groups in total. The van der Waals surface area contributed by atoms with Gasteiger partial charge in [-0.2, -0.15) is 0 Å². The van der Waals surface area contributed by atoms with Crippen LogP contribution in [0.15, 0.2) is 42.5 Å². The van der Waals surface area contributed by atoms with Gasteiger partial charge in [-0.1, -0.05) is 24.3 Å². The molecular formula is C18H20FNO3. The van der Waals surface area contributed by atoms with E-state index in [0.29, 0.717) is 11.3 Å². The van der Waals surface area contributed by atoms with Crippen LogP contribution in [0.1, 0.15) is 31.1 Å². The molecule has 4 nitrogen and oxygen atoms in total. The third-order valence-corrected chi connectivity index (χ3v) is 4.10. The molecule has 1 unspecified atom stereocenters. The molecule has 1 atom stereocenters. The third-order valence-electron chi connectivity index (χ3n) is 4.10. The van der Waals surface area contributed by atoms with Gasteiger partial charge in [-0.25, -0.2) is 4.39 Å². The van der Waals surface area contributed by atoms with Crippen LogP contribution in [0, 0.1) is 5.82 Å². The van der Waals surface area contributed by atoms with Crippen molar-refractivity contribution in [1.82, 2.24) is 5.32 Å². The zero-order valence-electron chi connectivity index (χ0n) is 13.2. The molecule has 0 radical (unpaired) electrons. The van der Waals surface area contributed by atoms with E-state index in [1.54, 1.807) is 18.2 Å². The van der Waals surface area contributed by atoms with Crippen LogP contribution in [0.3, 0.4) is 0 Å². The standard InChI is InChI=1S/C18H20FNO3/c1-18(2,12-7-8-16-17(9-12)23-11-22-16)20-10-15(21)13-5-3-4-6-14(13)19/h3-9,15,20-21H,10-11H2,1-2H3. The Hall–Kier alpha value is -2.11. The summed E-state index contributed by atoms with van der Waals surface area (Å²) in [6.07, 6.45) is -0.913. The van der Waals surface area contributed by atoms with E-state index in [0.717, 1.165) is 11.3 Å². The molecule has 0 amide bonds.